The van der Waals surface area contributed by atoms with Crippen LogP contribution in [-0.4, -0.2) is 97.6 Å². The number of carbonyl (C=O) groups excluding carboxylic acids is 3. The normalized spacial score (nSPS) is 16.4. The van der Waals surface area contributed by atoms with Crippen LogP contribution in [0.25, 0.3) is 0 Å². The molecule has 0 aliphatic carbocycles. The summed E-state index contributed by atoms with van der Waals surface area (Å²) >= 11 is 0. The zero-order valence-electron chi connectivity index (χ0n) is 23.0. The number of amides is 3. The molecule has 1 aromatic heterocycles. The number of piperazine rings is 1. The van der Waals surface area contributed by atoms with Gasteiger partial charge in [-0.3, -0.25) is 14.6 Å². The van der Waals surface area contributed by atoms with Crippen LogP contribution in [0.15, 0.2) is 36.4 Å². The highest BCUT2D eigenvalue weighted by Gasteiger charge is 2.31. The Morgan fingerprint density at radius 2 is 1.53 bits per heavy atom. The fourth-order valence-corrected chi connectivity index (χ4v) is 5.15. The minimum atomic E-state index is -0.329. The van der Waals surface area contributed by atoms with Crippen LogP contribution in [-0.2, 0) is 16.0 Å². The second-order valence-electron chi connectivity index (χ2n) is 10.3. The number of aromatic nitrogens is 1. The van der Waals surface area contributed by atoms with Crippen LogP contribution >= 0.6 is 0 Å². The Hall–Kier alpha value is -3.62. The zero-order chi connectivity index (χ0) is 27.2. The first-order chi connectivity index (χ1) is 18.3. The molecule has 9 heteroatoms. The number of pyridine rings is 1. The molecule has 4 rings (SSSR count). The average Bonchev–Trinajstić information content (AvgIpc) is 2.93. The molecule has 38 heavy (non-hydrogen) atoms. The van der Waals surface area contributed by atoms with E-state index in [-0.39, 0.29) is 23.8 Å². The molecule has 3 amide bonds. The van der Waals surface area contributed by atoms with Crippen LogP contribution in [0.3, 0.4) is 0 Å². The van der Waals surface area contributed by atoms with E-state index in [9.17, 15) is 14.4 Å². The first kappa shape index (κ1) is 27.4. The lowest BCUT2D eigenvalue weighted by atomic mass is 9.89. The van der Waals surface area contributed by atoms with Crippen molar-refractivity contribution in [2.75, 3.05) is 64.9 Å². The fraction of sp³-hybridized carbons (Fsp3) is 0.517. The molecule has 2 aliphatic heterocycles. The van der Waals surface area contributed by atoms with Gasteiger partial charge in [-0.15, -0.1) is 0 Å². The highest BCUT2D eigenvalue weighted by molar-refractivity contribution is 5.95. The predicted molar refractivity (Wildman–Crippen MR) is 147 cm³/mol. The Morgan fingerprint density at radius 3 is 2.13 bits per heavy atom. The van der Waals surface area contributed by atoms with E-state index in [0.717, 1.165) is 35.5 Å². The number of carbonyl (C=O) groups is 3. The molecule has 2 aliphatic rings. The molecule has 0 N–H and O–H groups in total. The van der Waals surface area contributed by atoms with Gasteiger partial charge in [0.05, 0.1) is 24.3 Å². The number of likely N-dealkylation sites (tertiary alicyclic amines) is 1. The van der Waals surface area contributed by atoms with Crippen LogP contribution in [0.1, 0.15) is 53.0 Å². The lowest BCUT2D eigenvalue weighted by Crippen LogP contribution is -2.51. The Balaban J connectivity index is 1.37. The number of hydrogen-bond acceptors (Lipinski definition) is 6. The largest absolute Gasteiger partial charge is 0.450 e. The highest BCUT2D eigenvalue weighted by Crippen LogP contribution is 2.30. The molecule has 0 saturated carbocycles. The minimum absolute atomic E-state index is 0.0457. The Kier molecular flexibility index (Phi) is 8.86. The van der Waals surface area contributed by atoms with Gasteiger partial charge in [-0.1, -0.05) is 12.1 Å². The smallest absolute Gasteiger partial charge is 0.409 e. The molecule has 0 unspecified atom stereocenters. The first-order valence-corrected chi connectivity index (χ1v) is 13.5. The molecule has 3 heterocycles. The van der Waals surface area contributed by atoms with Crippen molar-refractivity contribution < 1.29 is 19.1 Å². The monoisotopic (exact) mass is 521 g/mol. The van der Waals surface area contributed by atoms with Crippen LogP contribution < -0.4 is 4.90 Å². The molecule has 2 saturated heterocycles. The molecule has 0 atom stereocenters. The summed E-state index contributed by atoms with van der Waals surface area (Å²) in [6, 6.07) is 11.9. The summed E-state index contributed by atoms with van der Waals surface area (Å²) < 4.78 is 5.09. The van der Waals surface area contributed by atoms with E-state index in [1.807, 2.05) is 67.2 Å². The van der Waals surface area contributed by atoms with Gasteiger partial charge >= 0.3 is 6.09 Å². The molecule has 1 aromatic carbocycles. The van der Waals surface area contributed by atoms with Gasteiger partial charge in [0, 0.05) is 70.7 Å². The maximum Gasteiger partial charge on any atom is 0.409 e. The molecule has 0 spiro atoms. The Labute approximate surface area is 225 Å². The summed E-state index contributed by atoms with van der Waals surface area (Å²) in [5, 5.41) is 0. The number of benzene rings is 1. The van der Waals surface area contributed by atoms with Gasteiger partial charge in [0.15, 0.2) is 0 Å². The SMILES string of the molecule is CCOC(=O)N1CCN(C(=O)c2ccc(C)nc2C2CCN(C(=O)Cc3ccc(N(C)C)cc3)CC2)CC1. The highest BCUT2D eigenvalue weighted by atomic mass is 16.6. The summed E-state index contributed by atoms with van der Waals surface area (Å²) in [5.74, 6) is 0.211. The van der Waals surface area contributed by atoms with Crippen molar-refractivity contribution in [3.63, 3.8) is 0 Å². The summed E-state index contributed by atoms with van der Waals surface area (Å²) in [5.41, 5.74) is 4.46. The summed E-state index contributed by atoms with van der Waals surface area (Å²) in [6.07, 6.45) is 1.61. The summed E-state index contributed by atoms with van der Waals surface area (Å²) in [4.78, 5) is 50.7. The van der Waals surface area contributed by atoms with Crippen molar-refractivity contribution in [1.82, 2.24) is 19.7 Å². The number of anilines is 1. The van der Waals surface area contributed by atoms with E-state index in [2.05, 4.69) is 0 Å². The number of ether oxygens (including phenoxy) is 1. The second kappa shape index (κ2) is 12.3. The van der Waals surface area contributed by atoms with E-state index in [1.54, 1.807) is 16.7 Å². The molecular weight excluding hydrogens is 482 g/mol. The Morgan fingerprint density at radius 1 is 0.895 bits per heavy atom. The quantitative estimate of drug-likeness (QED) is 0.580. The van der Waals surface area contributed by atoms with Crippen molar-refractivity contribution in [2.45, 2.75) is 39.0 Å². The molecule has 0 bridgehead atoms. The number of hydrogen-bond donors (Lipinski definition) is 0. The lowest BCUT2D eigenvalue weighted by Gasteiger charge is -2.35. The molecule has 9 nitrogen and oxygen atoms in total. The van der Waals surface area contributed by atoms with Gasteiger partial charge in [-0.05, 0) is 56.5 Å². The standard InChI is InChI=1S/C29H39N5O4/c1-5-38-29(37)34-18-16-33(17-19-34)28(36)25-11-6-21(2)30-27(25)23-12-14-32(15-13-23)26(35)20-22-7-9-24(10-8-22)31(3)4/h6-11,23H,5,12-20H2,1-4H3. The summed E-state index contributed by atoms with van der Waals surface area (Å²) in [7, 11) is 4.00. The number of aryl methyl sites for hydroxylation is 1. The number of nitrogens with zero attached hydrogens (tertiary/aromatic N) is 5. The molecule has 2 fully saturated rings. The predicted octanol–water partition coefficient (Wildman–Crippen LogP) is 3.32. The van der Waals surface area contributed by atoms with Crippen LogP contribution in [0, 0.1) is 6.92 Å². The molecule has 204 valence electrons. The van der Waals surface area contributed by atoms with Crippen molar-refractivity contribution in [1.29, 1.82) is 0 Å². The average molecular weight is 522 g/mol. The topological polar surface area (TPSA) is 86.3 Å². The lowest BCUT2D eigenvalue weighted by molar-refractivity contribution is -0.131. The van der Waals surface area contributed by atoms with Crippen LogP contribution in [0.5, 0.6) is 0 Å². The number of rotatable bonds is 6. The second-order valence-corrected chi connectivity index (χ2v) is 10.3. The third kappa shape index (κ3) is 6.44. The van der Waals surface area contributed by atoms with Gasteiger partial charge in [0.25, 0.3) is 5.91 Å². The van der Waals surface area contributed by atoms with Gasteiger partial charge < -0.3 is 24.3 Å². The molecule has 2 aromatic rings. The van der Waals surface area contributed by atoms with E-state index >= 15 is 0 Å². The fourth-order valence-electron chi connectivity index (χ4n) is 5.15. The van der Waals surface area contributed by atoms with E-state index in [0.29, 0.717) is 57.9 Å². The van der Waals surface area contributed by atoms with Gasteiger partial charge in [0.1, 0.15) is 0 Å². The minimum Gasteiger partial charge on any atom is -0.450 e. The van der Waals surface area contributed by atoms with Crippen molar-refractivity contribution >= 4 is 23.6 Å². The Bertz CT molecular complexity index is 1130. The van der Waals surface area contributed by atoms with Crippen LogP contribution in [0.2, 0.25) is 0 Å². The zero-order valence-corrected chi connectivity index (χ0v) is 23.0. The van der Waals surface area contributed by atoms with Gasteiger partial charge in [0.2, 0.25) is 5.91 Å². The molecular formula is C29H39N5O4. The molecule has 0 radical (unpaired) electrons. The third-order valence-corrected chi connectivity index (χ3v) is 7.43. The first-order valence-electron chi connectivity index (χ1n) is 13.5. The van der Waals surface area contributed by atoms with Crippen LogP contribution in [0.4, 0.5) is 10.5 Å². The van der Waals surface area contributed by atoms with Gasteiger partial charge in [-0.2, -0.15) is 0 Å². The van der Waals surface area contributed by atoms with Gasteiger partial charge in [-0.25, -0.2) is 4.79 Å². The third-order valence-electron chi connectivity index (χ3n) is 7.43. The number of piperidine rings is 1. The maximum absolute atomic E-state index is 13.5. The van der Waals surface area contributed by atoms with E-state index < -0.39 is 0 Å². The summed E-state index contributed by atoms with van der Waals surface area (Å²) in [6.45, 7) is 7.21. The van der Waals surface area contributed by atoms with E-state index in [4.69, 9.17) is 9.72 Å². The van der Waals surface area contributed by atoms with Crippen molar-refractivity contribution in [2.24, 2.45) is 0 Å². The van der Waals surface area contributed by atoms with Crippen molar-refractivity contribution in [3.8, 4) is 0 Å². The maximum atomic E-state index is 13.5. The van der Waals surface area contributed by atoms with E-state index in [1.165, 1.54) is 0 Å². The van der Waals surface area contributed by atoms with Crippen molar-refractivity contribution in [3.05, 3.63) is 58.9 Å².